The van der Waals surface area contributed by atoms with Crippen LogP contribution in [0.5, 0.6) is 0 Å². The lowest BCUT2D eigenvalue weighted by atomic mass is 9.93. The van der Waals surface area contributed by atoms with Crippen LogP contribution in [0.1, 0.15) is 29.6 Å². The highest BCUT2D eigenvalue weighted by molar-refractivity contribution is 5.82. The van der Waals surface area contributed by atoms with Gasteiger partial charge in [-0.2, -0.15) is 0 Å². The number of H-pyrrole nitrogens is 1. The Morgan fingerprint density at radius 1 is 1.36 bits per heavy atom. The SMILES string of the molecule is CCN1Cc2ccccc2CC1C(=O)NCCc1nc(C)cc(=O)[nH]1. The Kier molecular flexibility index (Phi) is 5.28. The van der Waals surface area contributed by atoms with Gasteiger partial charge in [0.15, 0.2) is 0 Å². The molecule has 1 unspecified atom stereocenters. The summed E-state index contributed by atoms with van der Waals surface area (Å²) in [6.07, 6.45) is 1.24. The Bertz CT molecular complexity index is 815. The molecule has 25 heavy (non-hydrogen) atoms. The van der Waals surface area contributed by atoms with Crippen LogP contribution in [-0.4, -0.2) is 39.9 Å². The van der Waals surface area contributed by atoms with Crippen molar-refractivity contribution in [1.29, 1.82) is 0 Å². The number of nitrogens with zero attached hydrogens (tertiary/aromatic N) is 2. The number of aryl methyl sites for hydroxylation is 1. The van der Waals surface area contributed by atoms with E-state index in [1.807, 2.05) is 12.1 Å². The van der Waals surface area contributed by atoms with Crippen molar-refractivity contribution in [3.8, 4) is 0 Å². The number of hydrogen-bond acceptors (Lipinski definition) is 4. The number of likely N-dealkylation sites (N-methyl/N-ethyl adjacent to an activating group) is 1. The molecule has 0 fully saturated rings. The number of aromatic nitrogens is 2. The molecular weight excluding hydrogens is 316 g/mol. The second-order valence-corrected chi connectivity index (χ2v) is 6.43. The molecule has 0 saturated heterocycles. The molecule has 0 radical (unpaired) electrons. The maximum Gasteiger partial charge on any atom is 0.251 e. The largest absolute Gasteiger partial charge is 0.354 e. The second-order valence-electron chi connectivity index (χ2n) is 6.43. The molecule has 6 heteroatoms. The molecule has 1 aliphatic rings. The minimum absolute atomic E-state index is 0.0337. The van der Waals surface area contributed by atoms with E-state index in [2.05, 4.69) is 39.2 Å². The normalized spacial score (nSPS) is 17.1. The monoisotopic (exact) mass is 340 g/mol. The van der Waals surface area contributed by atoms with E-state index in [0.29, 0.717) is 24.5 Å². The van der Waals surface area contributed by atoms with Crippen molar-refractivity contribution in [2.45, 2.75) is 39.3 Å². The van der Waals surface area contributed by atoms with Crippen molar-refractivity contribution in [3.63, 3.8) is 0 Å². The van der Waals surface area contributed by atoms with Gasteiger partial charge in [-0.25, -0.2) is 4.98 Å². The van der Waals surface area contributed by atoms with Crippen molar-refractivity contribution >= 4 is 5.91 Å². The van der Waals surface area contributed by atoms with Gasteiger partial charge in [0.05, 0.1) is 6.04 Å². The summed E-state index contributed by atoms with van der Waals surface area (Å²) >= 11 is 0. The minimum atomic E-state index is -0.158. The summed E-state index contributed by atoms with van der Waals surface area (Å²) in [5.74, 6) is 0.637. The Morgan fingerprint density at radius 3 is 2.84 bits per heavy atom. The molecule has 0 saturated carbocycles. The molecule has 2 N–H and O–H groups in total. The number of amides is 1. The molecule has 2 aromatic rings. The zero-order valence-corrected chi connectivity index (χ0v) is 14.7. The van der Waals surface area contributed by atoms with Gasteiger partial charge in [-0.1, -0.05) is 31.2 Å². The molecule has 1 aromatic carbocycles. The summed E-state index contributed by atoms with van der Waals surface area (Å²) in [7, 11) is 0. The Hall–Kier alpha value is -2.47. The number of rotatable bonds is 5. The average molecular weight is 340 g/mol. The summed E-state index contributed by atoms with van der Waals surface area (Å²) in [5.41, 5.74) is 3.08. The molecule has 1 aromatic heterocycles. The van der Waals surface area contributed by atoms with Crippen LogP contribution in [0.15, 0.2) is 35.1 Å². The molecule has 1 atom stereocenters. The Morgan fingerprint density at radius 2 is 2.12 bits per heavy atom. The Balaban J connectivity index is 1.61. The van der Waals surface area contributed by atoms with E-state index in [-0.39, 0.29) is 17.5 Å². The molecule has 0 spiro atoms. The molecular formula is C19H24N4O2. The first-order valence-electron chi connectivity index (χ1n) is 8.72. The predicted octanol–water partition coefficient (Wildman–Crippen LogP) is 1.18. The molecule has 2 heterocycles. The van der Waals surface area contributed by atoms with Gasteiger partial charge in [-0.3, -0.25) is 14.5 Å². The van der Waals surface area contributed by atoms with Crippen LogP contribution in [0.3, 0.4) is 0 Å². The van der Waals surface area contributed by atoms with E-state index < -0.39 is 0 Å². The number of carbonyl (C=O) groups is 1. The molecule has 3 rings (SSSR count). The van der Waals surface area contributed by atoms with Crippen LogP contribution in [0, 0.1) is 6.92 Å². The fourth-order valence-electron chi connectivity index (χ4n) is 3.35. The van der Waals surface area contributed by atoms with Crippen molar-refractivity contribution in [2.75, 3.05) is 13.1 Å². The van der Waals surface area contributed by atoms with Gasteiger partial charge < -0.3 is 10.3 Å². The third-order valence-electron chi connectivity index (χ3n) is 4.63. The smallest absolute Gasteiger partial charge is 0.251 e. The molecule has 1 amide bonds. The van der Waals surface area contributed by atoms with Gasteiger partial charge in [-0.15, -0.1) is 0 Å². The number of nitrogens with one attached hydrogen (secondary N) is 2. The summed E-state index contributed by atoms with van der Waals surface area (Å²) in [6.45, 7) is 5.96. The van der Waals surface area contributed by atoms with Gasteiger partial charge in [0.2, 0.25) is 5.91 Å². The third-order valence-corrected chi connectivity index (χ3v) is 4.63. The lowest BCUT2D eigenvalue weighted by molar-refractivity contribution is -0.126. The maximum absolute atomic E-state index is 12.7. The zero-order valence-electron chi connectivity index (χ0n) is 14.7. The quantitative estimate of drug-likeness (QED) is 0.857. The predicted molar refractivity (Wildman–Crippen MR) is 96.3 cm³/mol. The summed E-state index contributed by atoms with van der Waals surface area (Å²) in [6, 6.07) is 9.61. The average Bonchev–Trinajstić information content (AvgIpc) is 2.59. The minimum Gasteiger partial charge on any atom is -0.354 e. The molecule has 0 aliphatic carbocycles. The molecule has 132 valence electrons. The third kappa shape index (κ3) is 4.14. The van der Waals surface area contributed by atoms with E-state index in [4.69, 9.17) is 0 Å². The van der Waals surface area contributed by atoms with Gasteiger partial charge in [0, 0.05) is 31.3 Å². The highest BCUT2D eigenvalue weighted by Gasteiger charge is 2.30. The maximum atomic E-state index is 12.7. The molecule has 6 nitrogen and oxygen atoms in total. The Labute approximate surface area is 147 Å². The summed E-state index contributed by atoms with van der Waals surface area (Å²) < 4.78 is 0. The van der Waals surface area contributed by atoms with Crippen LogP contribution in [0.4, 0.5) is 0 Å². The first kappa shape index (κ1) is 17.4. The summed E-state index contributed by atoms with van der Waals surface area (Å²) in [5, 5.41) is 2.99. The number of fused-ring (bicyclic) bond motifs is 1. The standard InChI is InChI=1S/C19H24N4O2/c1-3-23-12-15-7-5-4-6-14(15)11-16(23)19(25)20-9-8-17-21-13(2)10-18(24)22-17/h4-7,10,16H,3,8-9,11-12H2,1-2H3,(H,20,25)(H,21,22,24). The van der Waals surface area contributed by atoms with Crippen LogP contribution in [0.2, 0.25) is 0 Å². The lowest BCUT2D eigenvalue weighted by Gasteiger charge is -2.35. The highest BCUT2D eigenvalue weighted by atomic mass is 16.2. The van der Waals surface area contributed by atoms with E-state index in [9.17, 15) is 9.59 Å². The van der Waals surface area contributed by atoms with Crippen molar-refractivity contribution in [3.05, 3.63) is 63.3 Å². The first-order valence-corrected chi connectivity index (χ1v) is 8.72. The van der Waals surface area contributed by atoms with E-state index in [0.717, 1.165) is 19.5 Å². The fraction of sp³-hybridized carbons (Fsp3) is 0.421. The number of carbonyl (C=O) groups excluding carboxylic acids is 1. The zero-order chi connectivity index (χ0) is 17.8. The first-order chi connectivity index (χ1) is 12.1. The number of aromatic amines is 1. The van der Waals surface area contributed by atoms with E-state index >= 15 is 0 Å². The van der Waals surface area contributed by atoms with Crippen LogP contribution >= 0.6 is 0 Å². The lowest BCUT2D eigenvalue weighted by Crippen LogP contribution is -2.50. The van der Waals surface area contributed by atoms with E-state index in [1.54, 1.807) is 6.92 Å². The van der Waals surface area contributed by atoms with Crippen LogP contribution in [-0.2, 0) is 24.2 Å². The van der Waals surface area contributed by atoms with Gasteiger partial charge in [-0.05, 0) is 31.0 Å². The number of hydrogen-bond donors (Lipinski definition) is 2. The fourth-order valence-corrected chi connectivity index (χ4v) is 3.35. The highest BCUT2D eigenvalue weighted by Crippen LogP contribution is 2.23. The van der Waals surface area contributed by atoms with Crippen molar-refractivity contribution in [1.82, 2.24) is 20.2 Å². The summed E-state index contributed by atoms with van der Waals surface area (Å²) in [4.78, 5) is 33.3. The topological polar surface area (TPSA) is 78.1 Å². The van der Waals surface area contributed by atoms with Crippen molar-refractivity contribution in [2.24, 2.45) is 0 Å². The number of benzene rings is 1. The second kappa shape index (κ2) is 7.61. The van der Waals surface area contributed by atoms with Gasteiger partial charge >= 0.3 is 0 Å². The van der Waals surface area contributed by atoms with E-state index in [1.165, 1.54) is 17.2 Å². The molecule has 0 bridgehead atoms. The van der Waals surface area contributed by atoms with Crippen LogP contribution < -0.4 is 10.9 Å². The molecule has 1 aliphatic heterocycles. The van der Waals surface area contributed by atoms with Gasteiger partial charge in [0.25, 0.3) is 5.56 Å². The van der Waals surface area contributed by atoms with Crippen molar-refractivity contribution < 1.29 is 4.79 Å². The van der Waals surface area contributed by atoms with Gasteiger partial charge in [0.1, 0.15) is 5.82 Å². The van der Waals surface area contributed by atoms with Crippen LogP contribution in [0.25, 0.3) is 0 Å².